The van der Waals surface area contributed by atoms with Gasteiger partial charge in [-0.15, -0.1) is 0 Å². The first kappa shape index (κ1) is 28.2. The van der Waals surface area contributed by atoms with E-state index < -0.39 is 11.6 Å². The van der Waals surface area contributed by atoms with E-state index in [2.05, 4.69) is 10.0 Å². The fourth-order valence-corrected chi connectivity index (χ4v) is 5.55. The number of hydrogen-bond acceptors (Lipinski definition) is 6. The molecule has 1 saturated heterocycles. The molecule has 2 heterocycles. The number of ether oxygens (including phenoxy) is 2. The molecule has 9 nitrogen and oxygen atoms in total. The van der Waals surface area contributed by atoms with Crippen LogP contribution in [0.25, 0.3) is 10.4 Å². The number of nitrogens with zero attached hydrogens (tertiary/aromatic N) is 5. The van der Waals surface area contributed by atoms with Crippen LogP contribution in [-0.2, 0) is 22.5 Å². The summed E-state index contributed by atoms with van der Waals surface area (Å²) < 4.78 is 12.3. The monoisotopic (exact) mass is 553 g/mol. The third-order valence-corrected chi connectivity index (χ3v) is 7.64. The number of aliphatic hydroxyl groups excluding tert-OH is 1. The highest BCUT2D eigenvalue weighted by atomic mass is 16.5. The molecule has 0 bridgehead atoms. The van der Waals surface area contributed by atoms with E-state index in [0.29, 0.717) is 44.2 Å². The molecule has 3 aromatic rings. The average molecular weight is 554 g/mol. The van der Waals surface area contributed by atoms with Crippen LogP contribution >= 0.6 is 0 Å². The predicted molar refractivity (Wildman–Crippen MR) is 157 cm³/mol. The van der Waals surface area contributed by atoms with Crippen LogP contribution in [0.2, 0.25) is 0 Å². The summed E-state index contributed by atoms with van der Waals surface area (Å²) in [6.07, 6.45) is 3.22. The molecular formula is C32H35N5O4. The molecule has 0 radical (unpaired) electrons. The molecular weight excluding hydrogens is 518 g/mol. The zero-order valence-corrected chi connectivity index (χ0v) is 23.1. The van der Waals surface area contributed by atoms with Crippen molar-refractivity contribution in [2.24, 2.45) is 10.1 Å². The number of carbonyl (C=O) groups excluding carboxylic acids is 1. The number of likely N-dealkylation sites (tertiary alicyclic amines) is 1. The molecule has 0 unspecified atom stereocenters. The first-order chi connectivity index (χ1) is 20.1. The molecule has 212 valence electrons. The predicted octanol–water partition coefficient (Wildman–Crippen LogP) is 5.77. The first-order valence-corrected chi connectivity index (χ1v) is 14.2. The molecule has 5 rings (SSSR count). The van der Waals surface area contributed by atoms with E-state index in [9.17, 15) is 4.79 Å². The van der Waals surface area contributed by atoms with Gasteiger partial charge in [0.15, 0.2) is 11.6 Å². The second-order valence-corrected chi connectivity index (χ2v) is 10.4. The Labute approximate surface area is 240 Å². The Morgan fingerprint density at radius 2 is 1.73 bits per heavy atom. The Morgan fingerprint density at radius 1 is 1.02 bits per heavy atom. The largest absolute Gasteiger partial charge is 0.494 e. The van der Waals surface area contributed by atoms with E-state index in [1.807, 2.05) is 83.8 Å². The van der Waals surface area contributed by atoms with Gasteiger partial charge in [0.2, 0.25) is 5.90 Å². The van der Waals surface area contributed by atoms with Crippen LogP contribution < -0.4 is 4.74 Å². The number of piperidine rings is 1. The smallest absolute Gasteiger partial charge is 0.255 e. The normalized spacial score (nSPS) is 20.1. The lowest BCUT2D eigenvalue weighted by atomic mass is 9.80. The van der Waals surface area contributed by atoms with Gasteiger partial charge in [-0.25, -0.2) is 4.99 Å². The number of azide groups is 1. The standard InChI is InChI=1S/C32H35N5O4/c33-36-34-23-27-13-6-5-12-26(27)22-32(31(39)37-18-7-2-8-19-37)29(24-10-3-1-4-11-24)41-30(35-32)25-14-16-28(17-15-25)40-21-9-20-38/h1,3-6,10-17,29,38H,2,7-9,18-23H2/t29-,32-/m1/s1. The maximum absolute atomic E-state index is 14.6. The molecule has 1 amide bonds. The van der Waals surface area contributed by atoms with Gasteiger partial charge in [-0.2, -0.15) is 0 Å². The maximum Gasteiger partial charge on any atom is 0.255 e. The van der Waals surface area contributed by atoms with E-state index in [4.69, 9.17) is 25.1 Å². The molecule has 2 atom stereocenters. The minimum Gasteiger partial charge on any atom is -0.494 e. The lowest BCUT2D eigenvalue weighted by molar-refractivity contribution is -0.140. The highest BCUT2D eigenvalue weighted by Crippen LogP contribution is 2.44. The first-order valence-electron chi connectivity index (χ1n) is 14.2. The molecule has 1 fully saturated rings. The number of aliphatic imine (C=N–C) groups is 1. The highest BCUT2D eigenvalue weighted by molar-refractivity contribution is 6.01. The third-order valence-electron chi connectivity index (χ3n) is 7.64. The Balaban J connectivity index is 1.60. The van der Waals surface area contributed by atoms with Gasteiger partial charge >= 0.3 is 0 Å². The lowest BCUT2D eigenvalue weighted by Gasteiger charge is -2.37. The van der Waals surface area contributed by atoms with E-state index in [1.54, 1.807) is 0 Å². The van der Waals surface area contributed by atoms with Crippen molar-refractivity contribution in [3.05, 3.63) is 112 Å². The maximum atomic E-state index is 14.6. The van der Waals surface area contributed by atoms with Crippen LogP contribution in [0.5, 0.6) is 5.75 Å². The Bertz CT molecular complexity index is 1400. The van der Waals surface area contributed by atoms with Crippen LogP contribution in [0.15, 0.2) is 89.0 Å². The number of benzene rings is 3. The molecule has 2 aliphatic heterocycles. The molecule has 1 N–H and O–H groups in total. The van der Waals surface area contributed by atoms with E-state index in [-0.39, 0.29) is 19.1 Å². The third kappa shape index (κ3) is 6.37. The van der Waals surface area contributed by atoms with Crippen molar-refractivity contribution in [2.75, 3.05) is 26.3 Å². The van der Waals surface area contributed by atoms with Crippen LogP contribution in [0.1, 0.15) is 54.0 Å². The van der Waals surface area contributed by atoms with Crippen LogP contribution in [0, 0.1) is 0 Å². The topological polar surface area (TPSA) is 120 Å². The molecule has 0 spiro atoms. The summed E-state index contributed by atoms with van der Waals surface area (Å²) in [7, 11) is 0. The van der Waals surface area contributed by atoms with Gasteiger partial charge in [0.25, 0.3) is 5.91 Å². The molecule has 0 aliphatic carbocycles. The van der Waals surface area contributed by atoms with E-state index >= 15 is 0 Å². The van der Waals surface area contributed by atoms with Crippen molar-refractivity contribution >= 4 is 11.8 Å². The fraction of sp³-hybridized carbons (Fsp3) is 0.375. The number of rotatable bonds is 11. The average Bonchev–Trinajstić information content (AvgIpc) is 3.42. The molecule has 9 heteroatoms. The molecule has 0 saturated carbocycles. The van der Waals surface area contributed by atoms with Gasteiger partial charge in [0.05, 0.1) is 13.2 Å². The number of hydrogen-bond donors (Lipinski definition) is 1. The summed E-state index contributed by atoms with van der Waals surface area (Å²) in [6.45, 7) is 2.06. The Morgan fingerprint density at radius 3 is 2.44 bits per heavy atom. The summed E-state index contributed by atoms with van der Waals surface area (Å²) in [5, 5.41) is 12.8. The van der Waals surface area contributed by atoms with Crippen molar-refractivity contribution < 1.29 is 19.4 Å². The second-order valence-electron chi connectivity index (χ2n) is 10.4. The fourth-order valence-electron chi connectivity index (χ4n) is 5.55. The molecule has 3 aromatic carbocycles. The number of aliphatic hydroxyl groups is 1. The second kappa shape index (κ2) is 13.4. The van der Waals surface area contributed by atoms with Gasteiger partial charge in [0, 0.05) is 43.0 Å². The summed E-state index contributed by atoms with van der Waals surface area (Å²) in [5.41, 5.74) is 11.1. The quantitative estimate of drug-likeness (QED) is 0.140. The van der Waals surface area contributed by atoms with Crippen LogP contribution in [0.4, 0.5) is 0 Å². The SMILES string of the molecule is [N-]=[N+]=NCc1ccccc1C[C@@]1(C(=O)N2CCCCC2)N=C(c2ccc(OCCCO)cc2)O[C@@H]1c1ccccc1. The number of carbonyl (C=O) groups is 1. The number of amides is 1. The summed E-state index contributed by atoms with van der Waals surface area (Å²) >= 11 is 0. The van der Waals surface area contributed by atoms with Crippen molar-refractivity contribution in [3.63, 3.8) is 0 Å². The van der Waals surface area contributed by atoms with Crippen molar-refractivity contribution in [1.82, 2.24) is 4.90 Å². The van der Waals surface area contributed by atoms with Gasteiger partial charge in [-0.3, -0.25) is 4.79 Å². The minimum absolute atomic E-state index is 0.0522. The molecule has 41 heavy (non-hydrogen) atoms. The lowest BCUT2D eigenvalue weighted by Crippen LogP contribution is -2.53. The van der Waals surface area contributed by atoms with Crippen molar-refractivity contribution in [1.29, 1.82) is 0 Å². The minimum atomic E-state index is -1.25. The molecule has 0 aromatic heterocycles. The zero-order chi connectivity index (χ0) is 28.5. The zero-order valence-electron chi connectivity index (χ0n) is 23.1. The summed E-state index contributed by atoms with van der Waals surface area (Å²) in [4.78, 5) is 24.7. The van der Waals surface area contributed by atoms with E-state index in [1.165, 1.54) is 0 Å². The van der Waals surface area contributed by atoms with Crippen LogP contribution in [-0.4, -0.2) is 53.7 Å². The van der Waals surface area contributed by atoms with Gasteiger partial charge in [-0.05, 0) is 65.7 Å². The van der Waals surface area contributed by atoms with Gasteiger partial charge < -0.3 is 19.5 Å². The Kier molecular flexibility index (Phi) is 9.19. The van der Waals surface area contributed by atoms with Gasteiger partial charge in [-0.1, -0.05) is 59.7 Å². The summed E-state index contributed by atoms with van der Waals surface area (Å²) in [5.74, 6) is 1.03. The van der Waals surface area contributed by atoms with Gasteiger partial charge in [0.1, 0.15) is 5.75 Å². The van der Waals surface area contributed by atoms with E-state index in [0.717, 1.165) is 41.5 Å². The summed E-state index contributed by atoms with van der Waals surface area (Å²) in [6, 6.07) is 25.0. The molecule has 2 aliphatic rings. The van der Waals surface area contributed by atoms with Crippen LogP contribution in [0.3, 0.4) is 0 Å². The highest BCUT2D eigenvalue weighted by Gasteiger charge is 2.55. The Hall–Kier alpha value is -4.33. The van der Waals surface area contributed by atoms with Crippen molar-refractivity contribution in [3.8, 4) is 5.75 Å². The van der Waals surface area contributed by atoms with Crippen molar-refractivity contribution in [2.45, 2.75) is 50.3 Å².